The second kappa shape index (κ2) is 13.2. The summed E-state index contributed by atoms with van der Waals surface area (Å²) in [6.07, 6.45) is 14.2. The molecule has 256 valence electrons. The lowest BCUT2D eigenvalue weighted by molar-refractivity contribution is -0.220. The van der Waals surface area contributed by atoms with Crippen molar-refractivity contribution < 1.29 is 23.6 Å². The van der Waals surface area contributed by atoms with E-state index in [1.807, 2.05) is 19.1 Å². The van der Waals surface area contributed by atoms with Gasteiger partial charge in [0.2, 0.25) is 5.91 Å². The number of benzene rings is 1. The SMILES string of the molecule is C=CC.CC(=O)OC1CCC2(C)C(CCC3(C)C4CCC5(C(=O)NCc6cccc(ON(C)F)c6)CCCC5C4CCC32)C1(C)C. The smallest absolute Gasteiger partial charge is 0.302 e. The van der Waals surface area contributed by atoms with Crippen molar-refractivity contribution in [3.8, 4) is 5.75 Å². The molecular formula is C39H59FN2O4. The van der Waals surface area contributed by atoms with E-state index in [1.165, 1.54) is 39.2 Å². The number of carbonyl (C=O) groups excluding carboxylic acids is 2. The lowest BCUT2D eigenvalue weighted by Gasteiger charge is -2.69. The van der Waals surface area contributed by atoms with E-state index < -0.39 is 0 Å². The Hall–Kier alpha value is -2.41. The lowest BCUT2D eigenvalue weighted by Crippen LogP contribution is -2.64. The molecule has 46 heavy (non-hydrogen) atoms. The number of hydroxylamine groups is 1. The maximum absolute atomic E-state index is 14.0. The van der Waals surface area contributed by atoms with Crippen molar-refractivity contribution in [2.45, 2.75) is 125 Å². The predicted molar refractivity (Wildman–Crippen MR) is 180 cm³/mol. The van der Waals surface area contributed by atoms with Crippen LogP contribution in [0.4, 0.5) is 4.48 Å². The van der Waals surface area contributed by atoms with Crippen LogP contribution in [0.5, 0.6) is 5.75 Å². The first kappa shape index (κ1) is 34.9. The number of ether oxygens (including phenoxy) is 1. The molecule has 5 aliphatic rings. The van der Waals surface area contributed by atoms with Gasteiger partial charge in [0.05, 0.1) is 12.5 Å². The van der Waals surface area contributed by atoms with Crippen molar-refractivity contribution in [1.82, 2.24) is 10.6 Å². The minimum absolute atomic E-state index is 0.0103. The first-order chi connectivity index (χ1) is 21.7. The third-order valence-corrected chi connectivity index (χ3v) is 13.8. The average molecular weight is 639 g/mol. The van der Waals surface area contributed by atoms with Crippen molar-refractivity contribution >= 4 is 11.9 Å². The molecule has 0 aromatic heterocycles. The van der Waals surface area contributed by atoms with Crippen molar-refractivity contribution in [2.75, 3.05) is 7.05 Å². The largest absolute Gasteiger partial charge is 0.462 e. The van der Waals surface area contributed by atoms with Crippen molar-refractivity contribution in [3.05, 3.63) is 42.5 Å². The second-order valence-electron chi connectivity index (χ2n) is 16.4. The van der Waals surface area contributed by atoms with Crippen molar-refractivity contribution in [2.24, 2.45) is 51.2 Å². The van der Waals surface area contributed by atoms with E-state index in [4.69, 9.17) is 9.57 Å². The zero-order chi connectivity index (χ0) is 33.5. The van der Waals surface area contributed by atoms with Crippen LogP contribution in [0, 0.1) is 51.2 Å². The summed E-state index contributed by atoms with van der Waals surface area (Å²) in [5.74, 6) is 3.48. The minimum Gasteiger partial charge on any atom is -0.462 e. The fourth-order valence-electron chi connectivity index (χ4n) is 12.2. The maximum Gasteiger partial charge on any atom is 0.302 e. The molecule has 9 atom stereocenters. The number of nitrogens with one attached hydrogen (secondary N) is 1. The van der Waals surface area contributed by atoms with Gasteiger partial charge in [0, 0.05) is 24.2 Å². The molecule has 0 aliphatic heterocycles. The average Bonchev–Trinajstić information content (AvgIpc) is 3.43. The van der Waals surface area contributed by atoms with Crippen molar-refractivity contribution in [1.29, 1.82) is 0 Å². The van der Waals surface area contributed by atoms with Crippen LogP contribution in [0.25, 0.3) is 0 Å². The number of fused-ring (bicyclic) bond motifs is 7. The van der Waals surface area contributed by atoms with Gasteiger partial charge in [-0.2, -0.15) is 0 Å². The third kappa shape index (κ3) is 6.03. The van der Waals surface area contributed by atoms with Gasteiger partial charge in [-0.1, -0.05) is 56.8 Å². The summed E-state index contributed by atoms with van der Waals surface area (Å²) in [4.78, 5) is 31.0. The van der Waals surface area contributed by atoms with E-state index in [-0.39, 0.29) is 39.5 Å². The van der Waals surface area contributed by atoms with E-state index in [2.05, 4.69) is 39.6 Å². The molecule has 0 bridgehead atoms. The molecule has 6 rings (SSSR count). The fourth-order valence-corrected chi connectivity index (χ4v) is 12.2. The molecule has 0 saturated heterocycles. The Morgan fingerprint density at radius 2 is 1.70 bits per heavy atom. The van der Waals surface area contributed by atoms with Gasteiger partial charge in [-0.15, -0.1) is 6.58 Å². The predicted octanol–water partition coefficient (Wildman–Crippen LogP) is 9.00. The number of carbonyl (C=O) groups is 2. The summed E-state index contributed by atoms with van der Waals surface area (Å²) in [7, 11) is 1.21. The number of allylic oxidation sites excluding steroid dienone is 1. The Bertz CT molecular complexity index is 1280. The molecule has 1 amide bonds. The Balaban J connectivity index is 0.00000134. The number of amides is 1. The van der Waals surface area contributed by atoms with Gasteiger partial charge in [-0.05, 0) is 129 Å². The highest BCUT2D eigenvalue weighted by Gasteiger charge is 2.67. The third-order valence-electron chi connectivity index (χ3n) is 13.8. The summed E-state index contributed by atoms with van der Waals surface area (Å²) in [5.41, 5.74) is 1.19. The monoisotopic (exact) mass is 638 g/mol. The first-order valence-corrected chi connectivity index (χ1v) is 17.9. The van der Waals surface area contributed by atoms with Gasteiger partial charge in [-0.3, -0.25) is 9.59 Å². The van der Waals surface area contributed by atoms with Crippen LogP contribution in [-0.2, 0) is 20.9 Å². The number of nitrogens with zero attached hydrogens (tertiary/aromatic N) is 1. The zero-order valence-electron chi connectivity index (χ0n) is 29.5. The zero-order valence-corrected chi connectivity index (χ0v) is 29.5. The molecule has 7 heteroatoms. The van der Waals surface area contributed by atoms with Gasteiger partial charge < -0.3 is 14.9 Å². The second-order valence-corrected chi connectivity index (χ2v) is 16.4. The van der Waals surface area contributed by atoms with E-state index in [0.717, 1.165) is 44.1 Å². The number of esters is 1. The number of hydrogen-bond donors (Lipinski definition) is 1. The number of halogens is 1. The highest BCUT2D eigenvalue weighted by Crippen LogP contribution is 2.73. The molecule has 0 heterocycles. The number of hydrogen-bond acceptors (Lipinski definition) is 5. The van der Waals surface area contributed by atoms with E-state index in [0.29, 0.717) is 47.3 Å². The maximum atomic E-state index is 14.0. The molecule has 0 radical (unpaired) electrons. The molecule has 5 saturated carbocycles. The molecule has 6 nitrogen and oxygen atoms in total. The molecule has 1 aromatic carbocycles. The Morgan fingerprint density at radius 3 is 2.39 bits per heavy atom. The quantitative estimate of drug-likeness (QED) is 0.146. The van der Waals surface area contributed by atoms with E-state index in [1.54, 1.807) is 25.1 Å². The fraction of sp³-hybridized carbons (Fsp3) is 0.744. The van der Waals surface area contributed by atoms with Crippen LogP contribution >= 0.6 is 0 Å². The highest BCUT2D eigenvalue weighted by molar-refractivity contribution is 5.83. The Labute approximate surface area is 277 Å². The van der Waals surface area contributed by atoms with Gasteiger partial charge in [0.15, 0.2) is 5.75 Å². The molecule has 5 aliphatic carbocycles. The minimum atomic E-state index is -0.261. The van der Waals surface area contributed by atoms with Gasteiger partial charge in [0.1, 0.15) is 6.10 Å². The summed E-state index contributed by atoms with van der Waals surface area (Å²) < 4.78 is 19.1. The summed E-state index contributed by atoms with van der Waals surface area (Å²) in [5, 5.41) is 3.49. The molecular weight excluding hydrogens is 579 g/mol. The van der Waals surface area contributed by atoms with E-state index >= 15 is 0 Å². The highest BCUT2D eigenvalue weighted by atomic mass is 19.2. The molecule has 1 aromatic rings. The van der Waals surface area contributed by atoms with Crippen LogP contribution < -0.4 is 10.2 Å². The molecule has 1 N–H and O–H groups in total. The van der Waals surface area contributed by atoms with Gasteiger partial charge in [-0.25, -0.2) is 0 Å². The lowest BCUT2D eigenvalue weighted by atomic mass is 9.36. The standard InChI is InChI=1S/C36H53FN2O4.C3H6/c1-23(40)42-31-16-19-35(5)29(33(31,2)3)15-18-34(4)27-14-20-36(17-8-11-28(36)26(27)12-13-30(34)35)32(41)38-22-24-9-7-10-25(21-24)43-39(6)37;1-3-2/h7,9-10,21,26-31H,8,11-20,22H2,1-6H3,(H,38,41);3H,1H2,2H3. The summed E-state index contributed by atoms with van der Waals surface area (Å²) in [6, 6.07) is 7.29. The first-order valence-electron chi connectivity index (χ1n) is 17.9. The van der Waals surface area contributed by atoms with E-state index in [9.17, 15) is 14.1 Å². The van der Waals surface area contributed by atoms with Crippen LogP contribution in [0.3, 0.4) is 0 Å². The Kier molecular flexibility index (Phi) is 10.0. The number of rotatable bonds is 6. The normalized spacial score (nSPS) is 38.9. The summed E-state index contributed by atoms with van der Waals surface area (Å²) >= 11 is 0. The van der Waals surface area contributed by atoms with Crippen LogP contribution in [0.2, 0.25) is 0 Å². The molecule has 5 fully saturated rings. The Morgan fingerprint density at radius 1 is 0.978 bits per heavy atom. The molecule has 9 unspecified atom stereocenters. The van der Waals surface area contributed by atoms with Gasteiger partial charge >= 0.3 is 5.97 Å². The topological polar surface area (TPSA) is 67.9 Å². The summed E-state index contributed by atoms with van der Waals surface area (Å²) in [6.45, 7) is 17.1. The van der Waals surface area contributed by atoms with Gasteiger partial charge in [0.25, 0.3) is 0 Å². The van der Waals surface area contributed by atoms with Crippen LogP contribution in [-0.4, -0.2) is 30.3 Å². The van der Waals surface area contributed by atoms with Crippen LogP contribution in [0.15, 0.2) is 36.9 Å². The molecule has 0 spiro atoms. The van der Waals surface area contributed by atoms with Crippen LogP contribution in [0.1, 0.15) is 118 Å². The van der Waals surface area contributed by atoms with Crippen molar-refractivity contribution in [3.63, 3.8) is 0 Å².